The molecule has 0 amide bonds. The number of anilines is 1. The molecule has 0 saturated carbocycles. The lowest BCUT2D eigenvalue weighted by molar-refractivity contribution is -0.384. The van der Waals surface area contributed by atoms with Gasteiger partial charge in [-0.2, -0.15) is 9.97 Å². The summed E-state index contributed by atoms with van der Waals surface area (Å²) in [6.45, 7) is 5.10. The minimum atomic E-state index is -1.09. The molecule has 0 aliphatic carbocycles. The molecule has 3 heterocycles. The van der Waals surface area contributed by atoms with Crippen molar-refractivity contribution in [2.24, 2.45) is 5.92 Å². The Morgan fingerprint density at radius 1 is 0.912 bits per heavy atom. The lowest BCUT2D eigenvalue weighted by Crippen LogP contribution is -2.38. The molecule has 57 heavy (non-hydrogen) atoms. The number of rotatable bonds is 17. The van der Waals surface area contributed by atoms with Gasteiger partial charge in [0.1, 0.15) is 29.4 Å². The van der Waals surface area contributed by atoms with E-state index < -0.39 is 29.0 Å². The van der Waals surface area contributed by atoms with Gasteiger partial charge in [-0.25, -0.2) is 4.98 Å². The molecule has 296 valence electrons. The Morgan fingerprint density at radius 3 is 2.14 bits per heavy atom. The zero-order valence-electron chi connectivity index (χ0n) is 32.3. The topological polar surface area (TPSA) is 165 Å². The fourth-order valence-corrected chi connectivity index (χ4v) is 6.94. The maximum absolute atomic E-state index is 11.5. The van der Waals surface area contributed by atoms with Gasteiger partial charge in [-0.3, -0.25) is 14.7 Å². The van der Waals surface area contributed by atoms with Gasteiger partial charge in [0.15, 0.2) is 11.2 Å². The van der Waals surface area contributed by atoms with Crippen molar-refractivity contribution in [3.63, 3.8) is 0 Å². The molecule has 0 bridgehead atoms. The minimum absolute atomic E-state index is 0.0293. The second kappa shape index (κ2) is 17.4. The van der Waals surface area contributed by atoms with Gasteiger partial charge in [0.05, 0.1) is 44.8 Å². The molecule has 6 aromatic rings. The van der Waals surface area contributed by atoms with Gasteiger partial charge in [0, 0.05) is 31.5 Å². The van der Waals surface area contributed by atoms with Crippen molar-refractivity contribution in [3.8, 4) is 17.4 Å². The van der Waals surface area contributed by atoms with Crippen LogP contribution in [-0.2, 0) is 21.5 Å². The van der Waals surface area contributed by atoms with Crippen molar-refractivity contribution in [1.29, 1.82) is 0 Å². The molecule has 1 saturated heterocycles. The predicted molar refractivity (Wildman–Crippen MR) is 214 cm³/mol. The first-order chi connectivity index (χ1) is 27.7. The first kappa shape index (κ1) is 39.2. The molecular formula is C43H46N6O8. The van der Waals surface area contributed by atoms with Gasteiger partial charge in [-0.1, -0.05) is 80.6 Å². The van der Waals surface area contributed by atoms with E-state index in [9.17, 15) is 15.2 Å². The van der Waals surface area contributed by atoms with Gasteiger partial charge in [0.25, 0.3) is 5.69 Å². The van der Waals surface area contributed by atoms with Crippen molar-refractivity contribution < 1.29 is 33.7 Å². The van der Waals surface area contributed by atoms with Crippen LogP contribution < -0.4 is 19.5 Å². The highest BCUT2D eigenvalue weighted by atomic mass is 16.6. The van der Waals surface area contributed by atoms with Gasteiger partial charge in [0.2, 0.25) is 11.8 Å². The molecule has 1 aliphatic rings. The average Bonchev–Trinajstić information content (AvgIpc) is 3.84. The minimum Gasteiger partial charge on any atom is -0.497 e. The summed E-state index contributed by atoms with van der Waals surface area (Å²) in [7, 11) is 3.26. The lowest BCUT2D eigenvalue weighted by Gasteiger charge is -2.37. The molecule has 3 atom stereocenters. The number of hydrogen-bond donors (Lipinski definition) is 2. The van der Waals surface area contributed by atoms with Gasteiger partial charge >= 0.3 is 0 Å². The van der Waals surface area contributed by atoms with Crippen LogP contribution in [0.4, 0.5) is 11.6 Å². The third kappa shape index (κ3) is 8.53. The fourth-order valence-electron chi connectivity index (χ4n) is 6.94. The van der Waals surface area contributed by atoms with E-state index >= 15 is 0 Å². The molecule has 1 aliphatic heterocycles. The second-order valence-electron chi connectivity index (χ2n) is 14.2. The lowest BCUT2D eigenvalue weighted by atomic mass is 9.80. The Labute approximate surface area is 330 Å². The number of methoxy groups -OCH3 is 2. The Kier molecular flexibility index (Phi) is 11.9. The maximum atomic E-state index is 11.5. The normalized spacial score (nSPS) is 16.8. The Morgan fingerprint density at radius 2 is 1.54 bits per heavy atom. The number of aliphatic hydroxyl groups is 1. The number of nitro groups is 1. The highest BCUT2D eigenvalue weighted by Gasteiger charge is 2.42. The molecule has 1 fully saturated rings. The van der Waals surface area contributed by atoms with Gasteiger partial charge in [-0.05, 0) is 52.4 Å². The number of non-ortho nitro benzene ring substituents is 1. The SMILES string of the molecule is COc1ccc(C(OC[C@H]2O[C@@H](n3cnc4c(OCCc5ccc([N+](=O)[O-])cc5)nc(NCC(C)C)nc43)C[C@@H]2O)(c2ccccc2)c2ccc(OC)cc2)cc1. The Hall–Kier alpha value is -6.09. The molecule has 14 nitrogen and oxygen atoms in total. The van der Waals surface area contributed by atoms with E-state index in [4.69, 9.17) is 28.7 Å². The first-order valence-electron chi connectivity index (χ1n) is 18.8. The van der Waals surface area contributed by atoms with E-state index in [-0.39, 0.29) is 31.2 Å². The molecule has 14 heteroatoms. The third-order valence-electron chi connectivity index (χ3n) is 9.99. The molecule has 0 radical (unpaired) electrons. The zero-order valence-corrected chi connectivity index (χ0v) is 32.3. The van der Waals surface area contributed by atoms with Crippen LogP contribution in [0.1, 0.15) is 48.8 Å². The molecule has 0 spiro atoms. The number of aromatic nitrogens is 4. The quantitative estimate of drug-likeness (QED) is 0.0550. The van der Waals surface area contributed by atoms with Crippen LogP contribution in [0.3, 0.4) is 0 Å². The molecule has 4 aromatic carbocycles. The highest BCUT2D eigenvalue weighted by Crippen LogP contribution is 2.43. The van der Waals surface area contributed by atoms with E-state index in [1.165, 1.54) is 12.1 Å². The smallest absolute Gasteiger partial charge is 0.269 e. The summed E-state index contributed by atoms with van der Waals surface area (Å²) >= 11 is 0. The molecular weight excluding hydrogens is 729 g/mol. The van der Waals surface area contributed by atoms with Crippen LogP contribution in [-0.4, -0.2) is 75.7 Å². The van der Waals surface area contributed by atoms with Crippen LogP contribution in [0.15, 0.2) is 109 Å². The fraction of sp³-hybridized carbons (Fsp3) is 0.326. The van der Waals surface area contributed by atoms with Crippen LogP contribution >= 0.6 is 0 Å². The number of ether oxygens (including phenoxy) is 5. The first-order valence-corrected chi connectivity index (χ1v) is 18.8. The monoisotopic (exact) mass is 774 g/mol. The maximum Gasteiger partial charge on any atom is 0.269 e. The summed E-state index contributed by atoms with van der Waals surface area (Å²) in [5.74, 6) is 2.41. The third-order valence-corrected chi connectivity index (χ3v) is 9.99. The Bertz CT molecular complexity index is 2200. The Balaban J connectivity index is 1.16. The van der Waals surface area contributed by atoms with E-state index in [2.05, 4.69) is 29.1 Å². The number of nitro benzene ring substituents is 1. The second-order valence-corrected chi connectivity index (χ2v) is 14.2. The summed E-state index contributed by atoms with van der Waals surface area (Å²) in [6, 6.07) is 31.9. The molecule has 7 rings (SSSR count). The van der Waals surface area contributed by atoms with Crippen molar-refractivity contribution in [1.82, 2.24) is 19.5 Å². The summed E-state index contributed by atoms with van der Waals surface area (Å²) in [5.41, 5.74) is 3.36. The predicted octanol–water partition coefficient (Wildman–Crippen LogP) is 7.10. The summed E-state index contributed by atoms with van der Waals surface area (Å²) < 4.78 is 32.6. The van der Waals surface area contributed by atoms with Gasteiger partial charge < -0.3 is 34.1 Å². The number of imidazole rings is 1. The summed E-state index contributed by atoms with van der Waals surface area (Å²) in [6.07, 6.45) is 0.190. The van der Waals surface area contributed by atoms with Crippen LogP contribution in [0.5, 0.6) is 17.4 Å². The van der Waals surface area contributed by atoms with Crippen molar-refractivity contribution in [2.75, 3.05) is 39.3 Å². The van der Waals surface area contributed by atoms with Crippen LogP contribution in [0.25, 0.3) is 11.2 Å². The molecule has 0 unspecified atom stereocenters. The van der Waals surface area contributed by atoms with Crippen molar-refractivity contribution in [2.45, 2.75) is 50.7 Å². The standard InChI is InChI=1S/C43H46N6O8/c1-28(2)25-44-42-46-40-39(41(47-42)55-23-22-29-10-16-33(17-11-29)49(51)52)45-27-48(40)38-24-36(50)37(57-38)26-56-43(30-8-6-5-7-9-30,31-12-18-34(53-3)19-13-31)32-14-20-35(54-4)21-15-32/h5-21,27-28,36-38,50H,22-26H2,1-4H3,(H,44,46,47)/t36-,37+,38+/m0/s1. The van der Waals surface area contributed by atoms with Crippen molar-refractivity contribution >= 4 is 22.8 Å². The van der Waals surface area contributed by atoms with E-state index in [1.54, 1.807) is 37.2 Å². The van der Waals surface area contributed by atoms with Crippen LogP contribution in [0, 0.1) is 16.0 Å². The van der Waals surface area contributed by atoms with E-state index in [1.807, 2.05) is 78.9 Å². The van der Waals surface area contributed by atoms with Gasteiger partial charge in [-0.15, -0.1) is 0 Å². The zero-order chi connectivity index (χ0) is 39.9. The van der Waals surface area contributed by atoms with Crippen molar-refractivity contribution in [3.05, 3.63) is 142 Å². The average molecular weight is 775 g/mol. The number of aliphatic hydroxyl groups excluding tert-OH is 1. The van der Waals surface area contributed by atoms with E-state index in [0.29, 0.717) is 47.5 Å². The summed E-state index contributed by atoms with van der Waals surface area (Å²) in [5, 5.41) is 25.9. The number of hydrogen-bond acceptors (Lipinski definition) is 12. The molecule has 2 N–H and O–H groups in total. The number of fused-ring (bicyclic) bond motifs is 1. The molecule has 2 aromatic heterocycles. The van der Waals surface area contributed by atoms with E-state index in [0.717, 1.165) is 22.3 Å². The van der Waals surface area contributed by atoms with Crippen LogP contribution in [0.2, 0.25) is 0 Å². The summed E-state index contributed by atoms with van der Waals surface area (Å²) in [4.78, 5) is 24.7. The number of nitrogens with one attached hydrogen (secondary N) is 1. The largest absolute Gasteiger partial charge is 0.497 e. The number of benzene rings is 4. The highest BCUT2D eigenvalue weighted by molar-refractivity contribution is 5.78. The number of nitrogens with zero attached hydrogens (tertiary/aromatic N) is 5.